The number of pyridine rings is 1. The summed E-state index contributed by atoms with van der Waals surface area (Å²) >= 11 is 0. The van der Waals surface area contributed by atoms with Crippen LogP contribution in [0.1, 0.15) is 32.1 Å². The van der Waals surface area contributed by atoms with Crippen LogP contribution in [0.2, 0.25) is 0 Å². The number of carboxylic acid groups (broad SMARTS) is 1. The molecule has 28 heavy (non-hydrogen) atoms. The number of piperidine rings is 1. The maximum Gasteiger partial charge on any atom is 0.326 e. The molecule has 6 heteroatoms. The third kappa shape index (κ3) is 2.91. The fraction of sp³-hybridized carbons (Fsp3) is 0.500. The number of likely N-dealkylation sites (tertiary alicyclic amines) is 1. The Hall–Kier alpha value is -2.63. The Bertz CT molecular complexity index is 926. The molecule has 1 aromatic heterocycles. The van der Waals surface area contributed by atoms with Gasteiger partial charge in [-0.25, -0.2) is 4.79 Å². The average molecular weight is 379 g/mol. The average Bonchev–Trinajstić information content (AvgIpc) is 3.50. The first kappa shape index (κ1) is 17.5. The third-order valence-corrected chi connectivity index (χ3v) is 6.79. The van der Waals surface area contributed by atoms with Gasteiger partial charge in [0, 0.05) is 42.8 Å². The number of carbonyl (C=O) groups excluding carboxylic acids is 1. The summed E-state index contributed by atoms with van der Waals surface area (Å²) in [5, 5.41) is 10.8. The molecule has 1 aliphatic carbocycles. The summed E-state index contributed by atoms with van der Waals surface area (Å²) in [6, 6.07) is 9.59. The molecule has 2 aliphatic heterocycles. The van der Waals surface area contributed by atoms with Crippen LogP contribution in [-0.4, -0.2) is 52.5 Å². The summed E-state index contributed by atoms with van der Waals surface area (Å²) in [6.07, 6.45) is 6.11. The van der Waals surface area contributed by atoms with Gasteiger partial charge in [-0.3, -0.25) is 9.78 Å². The molecule has 1 atom stereocenters. The highest BCUT2D eigenvalue weighted by Crippen LogP contribution is 2.46. The number of nitrogens with zero attached hydrogens (tertiary/aromatic N) is 3. The number of benzene rings is 1. The first-order valence-electron chi connectivity index (χ1n) is 10.2. The Kier molecular flexibility index (Phi) is 4.03. The molecule has 0 radical (unpaired) electrons. The molecule has 3 fully saturated rings. The van der Waals surface area contributed by atoms with E-state index in [-0.39, 0.29) is 17.2 Å². The molecule has 3 aliphatic rings. The van der Waals surface area contributed by atoms with Crippen LogP contribution in [0.15, 0.2) is 36.5 Å². The Morgan fingerprint density at radius 2 is 1.86 bits per heavy atom. The van der Waals surface area contributed by atoms with Crippen molar-refractivity contribution in [3.63, 3.8) is 0 Å². The van der Waals surface area contributed by atoms with Crippen molar-refractivity contribution in [3.8, 4) is 0 Å². The predicted molar refractivity (Wildman–Crippen MR) is 106 cm³/mol. The first-order valence-corrected chi connectivity index (χ1v) is 10.2. The molecule has 2 saturated heterocycles. The molecule has 6 nitrogen and oxygen atoms in total. The molecule has 146 valence electrons. The Morgan fingerprint density at radius 1 is 1.11 bits per heavy atom. The number of rotatable bonds is 3. The number of anilines is 1. The molecule has 1 aromatic carbocycles. The fourth-order valence-electron chi connectivity index (χ4n) is 5.01. The van der Waals surface area contributed by atoms with E-state index in [4.69, 9.17) is 0 Å². The lowest BCUT2D eigenvalue weighted by Gasteiger charge is -2.40. The summed E-state index contributed by atoms with van der Waals surface area (Å²) in [6.45, 7) is 2.36. The number of amides is 1. The van der Waals surface area contributed by atoms with Crippen LogP contribution in [0.4, 0.5) is 5.69 Å². The summed E-state index contributed by atoms with van der Waals surface area (Å²) in [5.74, 6) is -0.722. The number of hydrogen-bond donors (Lipinski definition) is 1. The van der Waals surface area contributed by atoms with Gasteiger partial charge in [0.1, 0.15) is 6.04 Å². The van der Waals surface area contributed by atoms with E-state index in [1.165, 1.54) is 5.69 Å². The molecule has 1 N–H and O–H groups in total. The van der Waals surface area contributed by atoms with Gasteiger partial charge in [-0.05, 0) is 49.7 Å². The largest absolute Gasteiger partial charge is 0.480 e. The van der Waals surface area contributed by atoms with E-state index in [0.717, 1.165) is 49.7 Å². The molecular weight excluding hydrogens is 354 g/mol. The van der Waals surface area contributed by atoms with Crippen molar-refractivity contribution in [2.24, 2.45) is 11.3 Å². The van der Waals surface area contributed by atoms with Gasteiger partial charge in [0.2, 0.25) is 5.91 Å². The second-order valence-electron chi connectivity index (χ2n) is 8.63. The minimum Gasteiger partial charge on any atom is -0.480 e. The van der Waals surface area contributed by atoms with Gasteiger partial charge < -0.3 is 14.9 Å². The fourth-order valence-corrected chi connectivity index (χ4v) is 5.01. The number of aliphatic carboxylic acids is 1. The molecule has 0 bridgehead atoms. The molecule has 1 unspecified atom stereocenters. The van der Waals surface area contributed by atoms with E-state index < -0.39 is 12.0 Å². The monoisotopic (exact) mass is 379 g/mol. The maximum absolute atomic E-state index is 12.6. The van der Waals surface area contributed by atoms with E-state index in [1.54, 1.807) is 4.90 Å². The molecule has 2 aromatic rings. The number of carboxylic acids is 1. The molecular formula is C22H25N3O3. The van der Waals surface area contributed by atoms with Gasteiger partial charge in [-0.1, -0.05) is 18.2 Å². The van der Waals surface area contributed by atoms with Crippen LogP contribution < -0.4 is 4.90 Å². The summed E-state index contributed by atoms with van der Waals surface area (Å²) in [7, 11) is 0. The minimum atomic E-state index is -0.853. The highest BCUT2D eigenvalue weighted by Gasteiger charge is 2.51. The maximum atomic E-state index is 12.6. The van der Waals surface area contributed by atoms with E-state index in [0.29, 0.717) is 13.0 Å². The number of carbonyl (C=O) groups is 2. The lowest BCUT2D eigenvalue weighted by Crippen LogP contribution is -2.43. The highest BCUT2D eigenvalue weighted by molar-refractivity contribution is 5.91. The van der Waals surface area contributed by atoms with Crippen molar-refractivity contribution in [3.05, 3.63) is 36.5 Å². The van der Waals surface area contributed by atoms with Crippen molar-refractivity contribution >= 4 is 28.5 Å². The lowest BCUT2D eigenvalue weighted by atomic mass is 9.76. The Labute approximate surface area is 164 Å². The van der Waals surface area contributed by atoms with E-state index in [9.17, 15) is 14.7 Å². The standard InChI is InChI=1S/C22H25N3O3/c26-20(15-5-6-15)25-14-22(13-19(25)21(27)28)8-11-24(12-9-22)18-7-10-23-17-4-2-1-3-16(17)18/h1-4,7,10,15,19H,5-6,8-9,11-14H2,(H,27,28). The van der Waals surface area contributed by atoms with Crippen LogP contribution in [0.3, 0.4) is 0 Å². The molecule has 5 rings (SSSR count). The first-order chi connectivity index (χ1) is 13.6. The summed E-state index contributed by atoms with van der Waals surface area (Å²) < 4.78 is 0. The van der Waals surface area contributed by atoms with Crippen molar-refractivity contribution in [1.29, 1.82) is 0 Å². The van der Waals surface area contributed by atoms with Crippen molar-refractivity contribution in [2.45, 2.75) is 38.1 Å². The van der Waals surface area contributed by atoms with Gasteiger partial charge in [0.25, 0.3) is 0 Å². The number of hydrogen-bond acceptors (Lipinski definition) is 4. The van der Waals surface area contributed by atoms with E-state index >= 15 is 0 Å². The van der Waals surface area contributed by atoms with Crippen molar-refractivity contribution in [2.75, 3.05) is 24.5 Å². The van der Waals surface area contributed by atoms with E-state index in [2.05, 4.69) is 22.0 Å². The van der Waals surface area contributed by atoms with Crippen LogP contribution in [0, 0.1) is 11.3 Å². The van der Waals surface area contributed by atoms with Crippen LogP contribution >= 0.6 is 0 Å². The molecule has 1 spiro atoms. The Balaban J connectivity index is 1.35. The zero-order valence-electron chi connectivity index (χ0n) is 15.9. The smallest absolute Gasteiger partial charge is 0.326 e. The zero-order chi connectivity index (χ0) is 19.3. The summed E-state index contributed by atoms with van der Waals surface area (Å²) in [4.78, 5) is 32.9. The highest BCUT2D eigenvalue weighted by atomic mass is 16.4. The van der Waals surface area contributed by atoms with Crippen molar-refractivity contribution < 1.29 is 14.7 Å². The van der Waals surface area contributed by atoms with Gasteiger partial charge in [-0.2, -0.15) is 0 Å². The molecule has 1 amide bonds. The number of para-hydroxylation sites is 1. The van der Waals surface area contributed by atoms with Crippen LogP contribution in [0.5, 0.6) is 0 Å². The van der Waals surface area contributed by atoms with Gasteiger partial charge in [0.15, 0.2) is 0 Å². The quantitative estimate of drug-likeness (QED) is 0.888. The lowest BCUT2D eigenvalue weighted by molar-refractivity contribution is -0.148. The second kappa shape index (κ2) is 6.47. The van der Waals surface area contributed by atoms with Crippen LogP contribution in [-0.2, 0) is 9.59 Å². The van der Waals surface area contributed by atoms with Gasteiger partial charge in [0.05, 0.1) is 5.52 Å². The normalized spacial score (nSPS) is 24.1. The molecule has 1 saturated carbocycles. The predicted octanol–water partition coefficient (Wildman–Crippen LogP) is 2.92. The minimum absolute atomic E-state index is 0.0619. The number of fused-ring (bicyclic) bond motifs is 1. The van der Waals surface area contributed by atoms with Gasteiger partial charge >= 0.3 is 5.97 Å². The summed E-state index contributed by atoms with van der Waals surface area (Å²) in [5.41, 5.74) is 2.12. The van der Waals surface area contributed by atoms with Gasteiger partial charge in [-0.15, -0.1) is 0 Å². The second-order valence-corrected chi connectivity index (χ2v) is 8.63. The van der Waals surface area contributed by atoms with Crippen molar-refractivity contribution in [1.82, 2.24) is 9.88 Å². The van der Waals surface area contributed by atoms with E-state index in [1.807, 2.05) is 24.4 Å². The number of aromatic nitrogens is 1. The topological polar surface area (TPSA) is 73.7 Å². The Morgan fingerprint density at radius 3 is 2.57 bits per heavy atom. The third-order valence-electron chi connectivity index (χ3n) is 6.79. The van der Waals surface area contributed by atoms with Crippen LogP contribution in [0.25, 0.3) is 10.9 Å². The SMILES string of the molecule is O=C(O)C1CC2(CCN(c3ccnc4ccccc34)CC2)CN1C(=O)C1CC1. The zero-order valence-corrected chi connectivity index (χ0v) is 15.9. The molecule has 3 heterocycles.